The predicted molar refractivity (Wildman–Crippen MR) is 82.6 cm³/mol. The molecule has 0 fully saturated rings. The highest BCUT2D eigenvalue weighted by atomic mass is 79.9. The van der Waals surface area contributed by atoms with Gasteiger partial charge in [-0.3, -0.25) is 4.79 Å². The minimum absolute atomic E-state index is 0.107. The zero-order chi connectivity index (χ0) is 15.2. The molecule has 2 aromatic carbocycles. The third-order valence-electron chi connectivity index (χ3n) is 2.91. The summed E-state index contributed by atoms with van der Waals surface area (Å²) in [6.45, 7) is 1.79. The monoisotopic (exact) mass is 351 g/mol. The maximum Gasteiger partial charge on any atom is 0.258 e. The molecule has 3 nitrogen and oxygen atoms in total. The number of hydrogen-bond donors (Lipinski definition) is 1. The van der Waals surface area contributed by atoms with Crippen molar-refractivity contribution in [1.82, 2.24) is 5.32 Å². The van der Waals surface area contributed by atoms with Gasteiger partial charge in [-0.05, 0) is 48.9 Å². The van der Waals surface area contributed by atoms with Gasteiger partial charge >= 0.3 is 0 Å². The Balaban J connectivity index is 1.85. The summed E-state index contributed by atoms with van der Waals surface area (Å²) in [6, 6.07) is 13.2. The van der Waals surface area contributed by atoms with Crippen molar-refractivity contribution in [2.75, 3.05) is 6.61 Å². The van der Waals surface area contributed by atoms with Crippen molar-refractivity contribution < 1.29 is 13.9 Å². The maximum absolute atomic E-state index is 12.7. The molecule has 110 valence electrons. The van der Waals surface area contributed by atoms with Crippen LogP contribution < -0.4 is 10.1 Å². The highest BCUT2D eigenvalue weighted by molar-refractivity contribution is 9.10. The van der Waals surface area contributed by atoms with E-state index < -0.39 is 0 Å². The molecule has 0 radical (unpaired) electrons. The first-order valence-electron chi connectivity index (χ1n) is 6.48. The molecular formula is C16H15BrFNO2. The van der Waals surface area contributed by atoms with Crippen molar-refractivity contribution in [3.05, 3.63) is 64.4 Å². The van der Waals surface area contributed by atoms with E-state index in [1.54, 1.807) is 0 Å². The molecule has 2 aromatic rings. The highest BCUT2D eigenvalue weighted by Crippen LogP contribution is 2.17. The molecule has 5 heteroatoms. The summed E-state index contributed by atoms with van der Waals surface area (Å²) in [6.07, 6.45) is 0. The first-order valence-corrected chi connectivity index (χ1v) is 7.27. The Morgan fingerprint density at radius 3 is 2.67 bits per heavy atom. The lowest BCUT2D eigenvalue weighted by Gasteiger charge is -2.15. The molecule has 0 aromatic heterocycles. The fourth-order valence-electron chi connectivity index (χ4n) is 1.82. The van der Waals surface area contributed by atoms with Crippen molar-refractivity contribution >= 4 is 21.8 Å². The number of nitrogens with one attached hydrogen (secondary N) is 1. The number of amides is 1. The smallest absolute Gasteiger partial charge is 0.258 e. The molecule has 0 bridgehead atoms. The summed E-state index contributed by atoms with van der Waals surface area (Å²) >= 11 is 3.40. The van der Waals surface area contributed by atoms with Crippen LogP contribution in [0.4, 0.5) is 4.39 Å². The van der Waals surface area contributed by atoms with E-state index in [0.29, 0.717) is 5.75 Å². The Morgan fingerprint density at radius 2 is 2.00 bits per heavy atom. The number of hydrogen-bond acceptors (Lipinski definition) is 2. The standard InChI is InChI=1S/C16H15BrFNO2/c1-11(12-3-2-4-13(17)9-12)19-16(20)10-21-15-7-5-14(18)6-8-15/h2-9,11H,10H2,1H3,(H,19,20)/t11-/m1/s1. The Kier molecular flexibility index (Phi) is 5.33. The summed E-state index contributed by atoms with van der Waals surface area (Å²) < 4.78 is 19.0. The molecular weight excluding hydrogens is 337 g/mol. The molecule has 21 heavy (non-hydrogen) atoms. The summed E-state index contributed by atoms with van der Waals surface area (Å²) in [5, 5.41) is 2.85. The molecule has 0 aliphatic heterocycles. The topological polar surface area (TPSA) is 38.3 Å². The molecule has 0 spiro atoms. The second kappa shape index (κ2) is 7.22. The zero-order valence-electron chi connectivity index (χ0n) is 11.5. The van der Waals surface area contributed by atoms with Crippen molar-refractivity contribution in [2.45, 2.75) is 13.0 Å². The van der Waals surface area contributed by atoms with Gasteiger partial charge < -0.3 is 10.1 Å². The Labute approximate surface area is 131 Å². The lowest BCUT2D eigenvalue weighted by Crippen LogP contribution is -2.31. The number of carbonyl (C=O) groups is 1. The van der Waals surface area contributed by atoms with Crippen LogP contribution >= 0.6 is 15.9 Å². The van der Waals surface area contributed by atoms with E-state index in [1.165, 1.54) is 24.3 Å². The molecule has 1 amide bonds. The lowest BCUT2D eigenvalue weighted by molar-refractivity contribution is -0.123. The molecule has 0 unspecified atom stereocenters. The summed E-state index contributed by atoms with van der Waals surface area (Å²) in [7, 11) is 0. The van der Waals surface area contributed by atoms with Crippen molar-refractivity contribution in [1.29, 1.82) is 0 Å². The van der Waals surface area contributed by atoms with Crippen LogP contribution in [0.2, 0.25) is 0 Å². The van der Waals surface area contributed by atoms with Crippen LogP contribution in [0.3, 0.4) is 0 Å². The van der Waals surface area contributed by atoms with Crippen molar-refractivity contribution in [3.8, 4) is 5.75 Å². The van der Waals surface area contributed by atoms with Crippen LogP contribution in [0.25, 0.3) is 0 Å². The van der Waals surface area contributed by atoms with Crippen LogP contribution in [0, 0.1) is 5.82 Å². The molecule has 0 saturated carbocycles. The van der Waals surface area contributed by atoms with Gasteiger partial charge in [0.15, 0.2) is 6.61 Å². The van der Waals surface area contributed by atoms with Gasteiger partial charge in [0.05, 0.1) is 6.04 Å². The van der Waals surface area contributed by atoms with E-state index in [1.807, 2.05) is 31.2 Å². The van der Waals surface area contributed by atoms with Gasteiger partial charge in [0.1, 0.15) is 11.6 Å². The van der Waals surface area contributed by atoms with Crippen molar-refractivity contribution in [3.63, 3.8) is 0 Å². The second-order valence-corrected chi connectivity index (χ2v) is 5.50. The number of rotatable bonds is 5. The van der Waals surface area contributed by atoms with Crippen LogP contribution in [0.15, 0.2) is 53.0 Å². The van der Waals surface area contributed by atoms with Crippen LogP contribution in [0.5, 0.6) is 5.75 Å². The number of halogens is 2. The first kappa shape index (κ1) is 15.5. The average molecular weight is 352 g/mol. The molecule has 0 saturated heterocycles. The van der Waals surface area contributed by atoms with Crippen LogP contribution in [0.1, 0.15) is 18.5 Å². The summed E-state index contributed by atoms with van der Waals surface area (Å²) in [4.78, 5) is 11.8. The largest absolute Gasteiger partial charge is 0.484 e. The van der Waals surface area contributed by atoms with E-state index >= 15 is 0 Å². The van der Waals surface area contributed by atoms with E-state index in [9.17, 15) is 9.18 Å². The zero-order valence-corrected chi connectivity index (χ0v) is 13.1. The lowest BCUT2D eigenvalue weighted by atomic mass is 10.1. The van der Waals surface area contributed by atoms with Crippen molar-refractivity contribution in [2.24, 2.45) is 0 Å². The molecule has 1 N–H and O–H groups in total. The Morgan fingerprint density at radius 1 is 1.29 bits per heavy atom. The summed E-state index contributed by atoms with van der Waals surface area (Å²) in [5.41, 5.74) is 1.000. The van der Waals surface area contributed by atoms with Gasteiger partial charge in [0.2, 0.25) is 0 Å². The van der Waals surface area contributed by atoms with Gasteiger partial charge in [-0.1, -0.05) is 28.1 Å². The fourth-order valence-corrected chi connectivity index (χ4v) is 2.24. The average Bonchev–Trinajstić information content (AvgIpc) is 2.46. The first-order chi connectivity index (χ1) is 10.0. The van der Waals surface area contributed by atoms with Gasteiger partial charge in [-0.15, -0.1) is 0 Å². The van der Waals surface area contributed by atoms with E-state index in [2.05, 4.69) is 21.2 Å². The van der Waals surface area contributed by atoms with E-state index in [4.69, 9.17) is 4.74 Å². The molecule has 0 aliphatic rings. The number of carbonyl (C=O) groups excluding carboxylic acids is 1. The predicted octanol–water partition coefficient (Wildman–Crippen LogP) is 3.84. The maximum atomic E-state index is 12.7. The van der Waals surface area contributed by atoms with Gasteiger partial charge in [0.25, 0.3) is 5.91 Å². The van der Waals surface area contributed by atoms with Crippen LogP contribution in [-0.4, -0.2) is 12.5 Å². The molecule has 2 rings (SSSR count). The number of ether oxygens (including phenoxy) is 1. The van der Waals surface area contributed by atoms with Crippen LogP contribution in [-0.2, 0) is 4.79 Å². The minimum Gasteiger partial charge on any atom is -0.484 e. The third kappa shape index (κ3) is 4.86. The van der Waals surface area contributed by atoms with Gasteiger partial charge in [-0.2, -0.15) is 0 Å². The number of benzene rings is 2. The van der Waals surface area contributed by atoms with Gasteiger partial charge in [-0.25, -0.2) is 4.39 Å². The SMILES string of the molecule is C[C@@H](NC(=O)COc1ccc(F)cc1)c1cccc(Br)c1. The third-order valence-corrected chi connectivity index (χ3v) is 3.40. The minimum atomic E-state index is -0.338. The Hall–Kier alpha value is -1.88. The Bertz CT molecular complexity index is 616. The molecule has 1 atom stereocenters. The van der Waals surface area contributed by atoms with E-state index in [-0.39, 0.29) is 24.4 Å². The molecule has 0 aliphatic carbocycles. The van der Waals surface area contributed by atoms with E-state index in [0.717, 1.165) is 10.0 Å². The normalized spacial score (nSPS) is 11.8. The quantitative estimate of drug-likeness (QED) is 0.888. The summed E-state index contributed by atoms with van der Waals surface area (Å²) in [5.74, 6) is -0.108. The van der Waals surface area contributed by atoms with Gasteiger partial charge in [0, 0.05) is 4.47 Å². The highest BCUT2D eigenvalue weighted by Gasteiger charge is 2.10. The molecule has 0 heterocycles. The second-order valence-electron chi connectivity index (χ2n) is 4.59. The fraction of sp³-hybridized carbons (Fsp3) is 0.188.